The molecule has 0 bridgehead atoms. The van der Waals surface area contributed by atoms with Crippen molar-refractivity contribution >= 4 is 27.8 Å². The van der Waals surface area contributed by atoms with Gasteiger partial charge in [-0.2, -0.15) is 0 Å². The number of carboxylic acids is 1. The second-order valence-corrected chi connectivity index (χ2v) is 6.04. The summed E-state index contributed by atoms with van der Waals surface area (Å²) in [5.41, 5.74) is 0.605. The van der Waals surface area contributed by atoms with Gasteiger partial charge in [0.1, 0.15) is 5.69 Å². The maximum Gasteiger partial charge on any atom is 0.308 e. The Labute approximate surface area is 120 Å². The molecule has 1 N–H and O–H groups in total. The molecule has 0 radical (unpaired) electrons. The number of carbonyl (C=O) groups is 2. The van der Waals surface area contributed by atoms with Crippen LogP contribution in [0.4, 0.5) is 0 Å². The van der Waals surface area contributed by atoms with Crippen molar-refractivity contribution in [1.82, 2.24) is 9.47 Å². The highest BCUT2D eigenvalue weighted by molar-refractivity contribution is 9.10. The number of aromatic nitrogens is 1. The van der Waals surface area contributed by atoms with Gasteiger partial charge in [0.25, 0.3) is 5.91 Å². The number of likely N-dealkylation sites (tertiary alicyclic amines) is 1. The van der Waals surface area contributed by atoms with Crippen molar-refractivity contribution in [2.24, 2.45) is 5.92 Å². The Morgan fingerprint density at radius 3 is 2.68 bits per heavy atom. The Bertz CT molecular complexity index is 510. The summed E-state index contributed by atoms with van der Waals surface area (Å²) in [5, 5.41) is 8.98. The fraction of sp³-hybridized carbons (Fsp3) is 0.538. The molecule has 1 aliphatic heterocycles. The van der Waals surface area contributed by atoms with E-state index in [0.717, 1.165) is 4.47 Å². The molecular weight excluding hydrogens is 312 g/mol. The number of aliphatic carboxylic acids is 1. The lowest BCUT2D eigenvalue weighted by Gasteiger charge is -2.18. The molecule has 0 saturated carbocycles. The van der Waals surface area contributed by atoms with Gasteiger partial charge < -0.3 is 14.6 Å². The average Bonchev–Trinajstić information content (AvgIpc) is 2.94. The lowest BCUT2D eigenvalue weighted by atomic mass is 10.1. The Hall–Kier alpha value is -1.30. The van der Waals surface area contributed by atoms with Gasteiger partial charge in [-0.25, -0.2) is 0 Å². The molecule has 1 amide bonds. The van der Waals surface area contributed by atoms with Gasteiger partial charge in [-0.1, -0.05) is 0 Å². The normalized spacial score (nSPS) is 19.2. The van der Waals surface area contributed by atoms with Crippen LogP contribution in [-0.4, -0.2) is 39.5 Å². The van der Waals surface area contributed by atoms with E-state index in [4.69, 9.17) is 5.11 Å². The van der Waals surface area contributed by atoms with Crippen molar-refractivity contribution in [2.45, 2.75) is 26.3 Å². The quantitative estimate of drug-likeness (QED) is 0.926. The van der Waals surface area contributed by atoms with Crippen LogP contribution in [0.3, 0.4) is 0 Å². The molecule has 19 heavy (non-hydrogen) atoms. The number of rotatable bonds is 3. The van der Waals surface area contributed by atoms with E-state index in [2.05, 4.69) is 15.9 Å². The highest BCUT2D eigenvalue weighted by Crippen LogP contribution is 2.24. The minimum Gasteiger partial charge on any atom is -0.481 e. The van der Waals surface area contributed by atoms with Crippen LogP contribution in [0.15, 0.2) is 16.7 Å². The summed E-state index contributed by atoms with van der Waals surface area (Å²) in [6.07, 6.45) is 2.41. The van der Waals surface area contributed by atoms with Crippen LogP contribution in [0, 0.1) is 5.92 Å². The van der Waals surface area contributed by atoms with Crippen molar-refractivity contribution in [3.8, 4) is 0 Å². The van der Waals surface area contributed by atoms with Crippen molar-refractivity contribution in [3.63, 3.8) is 0 Å². The van der Waals surface area contributed by atoms with Gasteiger partial charge in [-0.15, -0.1) is 0 Å². The van der Waals surface area contributed by atoms with Crippen LogP contribution in [0.25, 0.3) is 0 Å². The van der Waals surface area contributed by atoms with Crippen molar-refractivity contribution < 1.29 is 14.7 Å². The summed E-state index contributed by atoms with van der Waals surface area (Å²) in [7, 11) is 0. The molecule has 1 aliphatic rings. The third-order valence-corrected chi connectivity index (χ3v) is 3.85. The molecule has 0 spiro atoms. The lowest BCUT2D eigenvalue weighted by molar-refractivity contribution is -0.141. The van der Waals surface area contributed by atoms with Gasteiger partial charge >= 0.3 is 5.97 Å². The zero-order valence-electron chi connectivity index (χ0n) is 11.0. The molecule has 0 unspecified atom stereocenters. The van der Waals surface area contributed by atoms with E-state index in [1.165, 1.54) is 0 Å². The first-order valence-electron chi connectivity index (χ1n) is 6.29. The molecule has 1 fully saturated rings. The number of halogens is 1. The van der Waals surface area contributed by atoms with E-state index in [1.807, 2.05) is 24.6 Å². The molecule has 6 heteroatoms. The number of hydrogen-bond donors (Lipinski definition) is 1. The fourth-order valence-electron chi connectivity index (χ4n) is 2.35. The molecule has 2 rings (SSSR count). The highest BCUT2D eigenvalue weighted by Gasteiger charge is 2.32. The smallest absolute Gasteiger partial charge is 0.308 e. The average molecular weight is 329 g/mol. The second-order valence-electron chi connectivity index (χ2n) is 5.12. The molecule has 5 nitrogen and oxygen atoms in total. The minimum absolute atomic E-state index is 0.0943. The number of nitrogens with zero attached hydrogens (tertiary/aromatic N) is 2. The number of amides is 1. The first-order chi connectivity index (χ1) is 8.90. The third-order valence-electron chi connectivity index (χ3n) is 3.42. The molecule has 1 aromatic rings. The summed E-state index contributed by atoms with van der Waals surface area (Å²) < 4.78 is 2.76. The van der Waals surface area contributed by atoms with Crippen molar-refractivity contribution in [1.29, 1.82) is 0 Å². The van der Waals surface area contributed by atoms with E-state index in [1.54, 1.807) is 11.0 Å². The molecule has 2 heterocycles. The van der Waals surface area contributed by atoms with Crippen LogP contribution in [0.2, 0.25) is 0 Å². The van der Waals surface area contributed by atoms with Gasteiger partial charge in [0.15, 0.2) is 0 Å². The van der Waals surface area contributed by atoms with E-state index in [9.17, 15) is 9.59 Å². The Kier molecular flexibility index (Phi) is 3.99. The van der Waals surface area contributed by atoms with E-state index in [0.29, 0.717) is 25.2 Å². The maximum atomic E-state index is 12.4. The van der Waals surface area contributed by atoms with Crippen LogP contribution >= 0.6 is 15.9 Å². The highest BCUT2D eigenvalue weighted by atomic mass is 79.9. The lowest BCUT2D eigenvalue weighted by Crippen LogP contribution is -2.31. The molecule has 0 aliphatic carbocycles. The maximum absolute atomic E-state index is 12.4. The third kappa shape index (κ3) is 2.83. The molecule has 0 aromatic carbocycles. The topological polar surface area (TPSA) is 62.5 Å². The molecule has 1 atom stereocenters. The van der Waals surface area contributed by atoms with Crippen LogP contribution in [-0.2, 0) is 4.79 Å². The van der Waals surface area contributed by atoms with Gasteiger partial charge in [0.05, 0.1) is 5.92 Å². The largest absolute Gasteiger partial charge is 0.481 e. The number of carbonyl (C=O) groups excluding carboxylic acids is 1. The summed E-state index contributed by atoms with van der Waals surface area (Å²) in [6, 6.07) is 1.97. The van der Waals surface area contributed by atoms with Crippen LogP contribution in [0.5, 0.6) is 0 Å². The number of carboxylic acid groups (broad SMARTS) is 1. The fourth-order valence-corrected chi connectivity index (χ4v) is 2.79. The molecule has 1 saturated heterocycles. The zero-order valence-corrected chi connectivity index (χ0v) is 12.6. The van der Waals surface area contributed by atoms with E-state index < -0.39 is 11.9 Å². The summed E-state index contributed by atoms with van der Waals surface area (Å²) in [4.78, 5) is 25.0. The minimum atomic E-state index is -0.823. The standard InChI is InChI=1S/C13H17BrN2O3/c1-8(2)16-7-10(14)5-11(16)12(17)15-4-3-9(6-15)13(18)19/h5,7-9H,3-4,6H2,1-2H3,(H,18,19)/t9-/m0/s1. The Balaban J connectivity index is 2.19. The van der Waals surface area contributed by atoms with Crippen molar-refractivity contribution in [2.75, 3.05) is 13.1 Å². The number of hydrogen-bond acceptors (Lipinski definition) is 2. The predicted octanol–water partition coefficient (Wildman–Crippen LogP) is 2.38. The SMILES string of the molecule is CC(C)n1cc(Br)cc1C(=O)N1CC[C@H](C(=O)O)C1. The van der Waals surface area contributed by atoms with Crippen LogP contribution < -0.4 is 0 Å². The van der Waals surface area contributed by atoms with Gasteiger partial charge in [0, 0.05) is 29.8 Å². The van der Waals surface area contributed by atoms with Crippen molar-refractivity contribution in [3.05, 3.63) is 22.4 Å². The summed E-state index contributed by atoms with van der Waals surface area (Å²) in [6.45, 7) is 4.83. The Morgan fingerprint density at radius 2 is 2.16 bits per heavy atom. The van der Waals surface area contributed by atoms with Gasteiger partial charge in [-0.3, -0.25) is 9.59 Å². The summed E-state index contributed by atoms with van der Waals surface area (Å²) in [5.74, 6) is -1.35. The van der Waals surface area contributed by atoms with Gasteiger partial charge in [0.2, 0.25) is 0 Å². The first-order valence-corrected chi connectivity index (χ1v) is 7.09. The molecular formula is C13H17BrN2O3. The summed E-state index contributed by atoms with van der Waals surface area (Å²) >= 11 is 3.38. The zero-order chi connectivity index (χ0) is 14.2. The van der Waals surface area contributed by atoms with Gasteiger partial charge in [-0.05, 0) is 42.3 Å². The Morgan fingerprint density at radius 1 is 1.47 bits per heavy atom. The monoisotopic (exact) mass is 328 g/mol. The first kappa shape index (κ1) is 14.1. The van der Waals surface area contributed by atoms with Crippen LogP contribution in [0.1, 0.15) is 36.8 Å². The molecule has 1 aromatic heterocycles. The van der Waals surface area contributed by atoms with E-state index in [-0.39, 0.29) is 11.9 Å². The predicted molar refractivity (Wildman–Crippen MR) is 74.2 cm³/mol. The van der Waals surface area contributed by atoms with E-state index >= 15 is 0 Å². The second kappa shape index (κ2) is 5.36. The molecule has 104 valence electrons.